The number of carbonyl (C=O) groups is 2. The zero-order valence-electron chi connectivity index (χ0n) is 13.6. The summed E-state index contributed by atoms with van der Waals surface area (Å²) in [6, 6.07) is 7.55. The summed E-state index contributed by atoms with van der Waals surface area (Å²) in [5.74, 6) is -0.680. The van der Waals surface area contributed by atoms with E-state index in [9.17, 15) is 14.7 Å². The van der Waals surface area contributed by atoms with Gasteiger partial charge in [0.25, 0.3) is 0 Å². The maximum absolute atomic E-state index is 12.6. The molecule has 2 atom stereocenters. The lowest BCUT2D eigenvalue weighted by Gasteiger charge is -2.23. The molecule has 1 aromatic heterocycles. The molecular weight excluding hydrogens is 306 g/mol. The Kier molecular flexibility index (Phi) is 3.30. The summed E-state index contributed by atoms with van der Waals surface area (Å²) < 4.78 is 0. The summed E-state index contributed by atoms with van der Waals surface area (Å²) >= 11 is 0. The first kappa shape index (κ1) is 15.1. The van der Waals surface area contributed by atoms with Crippen LogP contribution in [0.15, 0.2) is 24.3 Å². The third-order valence-corrected chi connectivity index (χ3v) is 5.59. The van der Waals surface area contributed by atoms with Crippen molar-refractivity contribution in [3.63, 3.8) is 0 Å². The van der Waals surface area contributed by atoms with E-state index in [1.54, 1.807) is 4.90 Å². The smallest absolute Gasteiger partial charge is 0.321 e. The Morgan fingerprint density at radius 3 is 2.96 bits per heavy atom. The Labute approximate surface area is 139 Å². The number of H-pyrrole nitrogens is 1. The molecule has 3 N–H and O–H groups in total. The minimum absolute atomic E-state index is 0.0792. The topological polar surface area (TPSA) is 85.4 Å². The van der Waals surface area contributed by atoms with Gasteiger partial charge in [0, 0.05) is 35.4 Å². The van der Waals surface area contributed by atoms with Crippen molar-refractivity contribution in [1.82, 2.24) is 9.88 Å². The molecule has 1 aliphatic heterocycles. The third kappa shape index (κ3) is 2.25. The van der Waals surface area contributed by atoms with Crippen molar-refractivity contribution in [3.8, 4) is 0 Å². The van der Waals surface area contributed by atoms with Gasteiger partial charge >= 0.3 is 12.0 Å². The first-order valence-electron chi connectivity index (χ1n) is 8.37. The fourth-order valence-electron chi connectivity index (χ4n) is 4.35. The van der Waals surface area contributed by atoms with Gasteiger partial charge in [-0.25, -0.2) is 4.79 Å². The number of aromatic nitrogens is 1. The van der Waals surface area contributed by atoms with E-state index < -0.39 is 11.4 Å². The van der Waals surface area contributed by atoms with E-state index in [1.807, 2.05) is 31.2 Å². The Hall–Kier alpha value is -2.50. The number of urea groups is 1. The highest BCUT2D eigenvalue weighted by Gasteiger charge is 2.55. The maximum Gasteiger partial charge on any atom is 0.321 e. The second-order valence-electron chi connectivity index (χ2n) is 7.12. The largest absolute Gasteiger partial charge is 0.481 e. The van der Waals surface area contributed by atoms with Gasteiger partial charge in [0.1, 0.15) is 0 Å². The van der Waals surface area contributed by atoms with E-state index in [-0.39, 0.29) is 11.9 Å². The second-order valence-corrected chi connectivity index (χ2v) is 7.12. The maximum atomic E-state index is 12.6. The molecule has 0 spiro atoms. The quantitative estimate of drug-likeness (QED) is 0.792. The number of hydrogen-bond acceptors (Lipinski definition) is 2. The highest BCUT2D eigenvalue weighted by atomic mass is 16.4. The van der Waals surface area contributed by atoms with Gasteiger partial charge in [0.05, 0.1) is 5.41 Å². The number of nitrogens with one attached hydrogen (secondary N) is 2. The Balaban J connectivity index is 1.51. The van der Waals surface area contributed by atoms with Gasteiger partial charge in [-0.15, -0.1) is 0 Å². The molecule has 6 heteroatoms. The molecule has 1 saturated heterocycles. The number of carboxylic acid groups (broad SMARTS) is 1. The lowest BCUT2D eigenvalue weighted by molar-refractivity contribution is -0.149. The SMILES string of the molecule is Cc1cc2cc(NC(=O)N3C[C@@H]4CCC[C@@]4(C(=O)O)C3)ccc2[nH]1. The van der Waals surface area contributed by atoms with Gasteiger partial charge in [-0.3, -0.25) is 4.79 Å². The average Bonchev–Trinajstić information content (AvgIpc) is 3.17. The van der Waals surface area contributed by atoms with Gasteiger partial charge in [0.2, 0.25) is 0 Å². The van der Waals surface area contributed by atoms with E-state index in [0.717, 1.165) is 35.1 Å². The first-order chi connectivity index (χ1) is 11.5. The number of aryl methyl sites for hydroxylation is 1. The minimum atomic E-state index is -0.760. The van der Waals surface area contributed by atoms with Gasteiger partial charge in [-0.05, 0) is 49.9 Å². The molecule has 2 fully saturated rings. The summed E-state index contributed by atoms with van der Waals surface area (Å²) in [6.07, 6.45) is 2.51. The van der Waals surface area contributed by atoms with E-state index >= 15 is 0 Å². The Morgan fingerprint density at radius 2 is 2.21 bits per heavy atom. The third-order valence-electron chi connectivity index (χ3n) is 5.59. The molecular formula is C18H21N3O3. The Bertz CT molecular complexity index is 828. The fraction of sp³-hybridized carbons (Fsp3) is 0.444. The van der Waals surface area contributed by atoms with Crippen molar-refractivity contribution in [2.75, 3.05) is 18.4 Å². The van der Waals surface area contributed by atoms with Crippen LogP contribution in [0.25, 0.3) is 10.9 Å². The predicted octanol–water partition coefficient (Wildman–Crippen LogP) is 3.19. The molecule has 0 radical (unpaired) electrons. The van der Waals surface area contributed by atoms with E-state index in [1.165, 1.54) is 0 Å². The molecule has 126 valence electrons. The monoisotopic (exact) mass is 327 g/mol. The summed E-state index contributed by atoms with van der Waals surface area (Å²) in [4.78, 5) is 29.2. The first-order valence-corrected chi connectivity index (χ1v) is 8.37. The molecule has 0 unspecified atom stereocenters. The minimum Gasteiger partial charge on any atom is -0.481 e. The number of carbonyl (C=O) groups excluding carboxylic acids is 1. The number of amides is 2. The van der Waals surface area contributed by atoms with Crippen LogP contribution in [0.2, 0.25) is 0 Å². The Morgan fingerprint density at radius 1 is 1.38 bits per heavy atom. The van der Waals surface area contributed by atoms with Gasteiger partial charge in [-0.2, -0.15) is 0 Å². The molecule has 24 heavy (non-hydrogen) atoms. The molecule has 2 aromatic rings. The molecule has 2 amide bonds. The van der Waals surface area contributed by atoms with Gasteiger partial charge in [0.15, 0.2) is 0 Å². The number of nitrogens with zero attached hydrogens (tertiary/aromatic N) is 1. The van der Waals surface area contributed by atoms with Crippen LogP contribution < -0.4 is 5.32 Å². The van der Waals surface area contributed by atoms with E-state index in [4.69, 9.17) is 0 Å². The van der Waals surface area contributed by atoms with Crippen LogP contribution in [0.3, 0.4) is 0 Å². The number of benzene rings is 1. The molecule has 2 heterocycles. The van der Waals surface area contributed by atoms with Crippen LogP contribution in [0, 0.1) is 18.3 Å². The summed E-state index contributed by atoms with van der Waals surface area (Å²) in [5.41, 5.74) is 2.10. The predicted molar refractivity (Wildman–Crippen MR) is 91.0 cm³/mol. The average molecular weight is 327 g/mol. The molecule has 0 bridgehead atoms. The lowest BCUT2D eigenvalue weighted by atomic mass is 9.81. The number of fused-ring (bicyclic) bond motifs is 2. The standard InChI is InChI=1S/C18H21N3O3/c1-11-7-12-8-14(4-5-15(12)19-11)20-17(24)21-9-13-3-2-6-18(13,10-21)16(22)23/h4-5,7-8,13,19H,2-3,6,9-10H2,1H3,(H,20,24)(H,22,23)/t13-,18+/m0/s1. The zero-order valence-corrected chi connectivity index (χ0v) is 13.6. The van der Waals surface area contributed by atoms with E-state index in [2.05, 4.69) is 10.3 Å². The van der Waals surface area contributed by atoms with Crippen LogP contribution in [0.4, 0.5) is 10.5 Å². The number of anilines is 1. The van der Waals surface area contributed by atoms with Crippen molar-refractivity contribution in [2.24, 2.45) is 11.3 Å². The molecule has 6 nitrogen and oxygen atoms in total. The number of aromatic amines is 1. The van der Waals surface area contributed by atoms with Gasteiger partial charge < -0.3 is 20.3 Å². The number of aliphatic carboxylic acids is 1. The molecule has 1 aliphatic carbocycles. The number of hydrogen-bond donors (Lipinski definition) is 3. The van der Waals surface area contributed by atoms with Gasteiger partial charge in [-0.1, -0.05) is 6.42 Å². The summed E-state index contributed by atoms with van der Waals surface area (Å²) in [6.45, 7) is 2.83. The van der Waals surface area contributed by atoms with Crippen molar-refractivity contribution in [1.29, 1.82) is 0 Å². The number of rotatable bonds is 2. The van der Waals surface area contributed by atoms with Crippen LogP contribution >= 0.6 is 0 Å². The van der Waals surface area contributed by atoms with Crippen molar-refractivity contribution in [3.05, 3.63) is 30.0 Å². The molecule has 1 saturated carbocycles. The fourth-order valence-corrected chi connectivity index (χ4v) is 4.35. The summed E-state index contributed by atoms with van der Waals surface area (Å²) in [5, 5.41) is 13.6. The van der Waals surface area contributed by atoms with Crippen LogP contribution in [-0.2, 0) is 4.79 Å². The van der Waals surface area contributed by atoms with Crippen LogP contribution in [-0.4, -0.2) is 40.1 Å². The molecule has 1 aromatic carbocycles. The molecule has 2 aliphatic rings. The van der Waals surface area contributed by atoms with Crippen LogP contribution in [0.1, 0.15) is 25.0 Å². The highest BCUT2D eigenvalue weighted by molar-refractivity contribution is 5.93. The van der Waals surface area contributed by atoms with Crippen molar-refractivity contribution >= 4 is 28.6 Å². The van der Waals surface area contributed by atoms with E-state index in [0.29, 0.717) is 19.5 Å². The second kappa shape index (κ2) is 5.26. The summed E-state index contributed by atoms with van der Waals surface area (Å²) in [7, 11) is 0. The zero-order chi connectivity index (χ0) is 16.9. The number of likely N-dealkylation sites (tertiary alicyclic amines) is 1. The highest BCUT2D eigenvalue weighted by Crippen LogP contribution is 2.48. The van der Waals surface area contributed by atoms with Crippen LogP contribution in [0.5, 0.6) is 0 Å². The van der Waals surface area contributed by atoms with Crippen molar-refractivity contribution in [2.45, 2.75) is 26.2 Å². The normalized spacial score (nSPS) is 25.9. The van der Waals surface area contributed by atoms with Crippen molar-refractivity contribution < 1.29 is 14.7 Å². The molecule has 4 rings (SSSR count). The number of carboxylic acids is 1. The lowest BCUT2D eigenvalue weighted by Crippen LogP contribution is -2.38.